The molecule has 0 radical (unpaired) electrons. The van der Waals surface area contributed by atoms with E-state index in [-0.39, 0.29) is 12.1 Å². The van der Waals surface area contributed by atoms with Crippen LogP contribution in [0.15, 0.2) is 29.2 Å². The fourth-order valence-electron chi connectivity index (χ4n) is 1.38. The molecule has 0 spiro atoms. The summed E-state index contributed by atoms with van der Waals surface area (Å²) in [5.74, 6) is 0. The van der Waals surface area contributed by atoms with Crippen molar-refractivity contribution >= 4 is 23.5 Å². The van der Waals surface area contributed by atoms with Crippen molar-refractivity contribution in [2.24, 2.45) is 0 Å². The van der Waals surface area contributed by atoms with Crippen LogP contribution in [0.1, 0.15) is 13.3 Å². The number of hydrogen-bond donors (Lipinski definition) is 2. The predicted molar refractivity (Wildman–Crippen MR) is 76.2 cm³/mol. The highest BCUT2D eigenvalue weighted by Crippen LogP contribution is 2.17. The van der Waals surface area contributed by atoms with Gasteiger partial charge in [-0.1, -0.05) is 0 Å². The summed E-state index contributed by atoms with van der Waals surface area (Å²) in [6, 6.07) is 7.54. The number of rotatable bonds is 5. The Kier molecular flexibility index (Phi) is 6.01. The second-order valence-corrected chi connectivity index (χ2v) is 5.10. The Hall–Kier alpha value is -1.20. The van der Waals surface area contributed by atoms with Crippen LogP contribution in [0.5, 0.6) is 0 Å². The maximum atomic E-state index is 11.8. The third-order valence-electron chi connectivity index (χ3n) is 2.57. The molecule has 0 aromatic heterocycles. The number of nitrogens with zero attached hydrogens (tertiary/aromatic N) is 1. The van der Waals surface area contributed by atoms with Gasteiger partial charge < -0.3 is 15.3 Å². The molecule has 2 amide bonds. The molecule has 1 unspecified atom stereocenters. The monoisotopic (exact) mass is 268 g/mol. The molecule has 5 heteroatoms. The van der Waals surface area contributed by atoms with E-state index in [9.17, 15) is 4.79 Å². The SMILES string of the molecule is CSc1ccc(NC(=O)N(C)CCC(C)O)cc1. The van der Waals surface area contributed by atoms with Gasteiger partial charge in [-0.05, 0) is 43.9 Å². The number of hydrogen-bond acceptors (Lipinski definition) is 3. The van der Waals surface area contributed by atoms with Crippen molar-refractivity contribution in [2.75, 3.05) is 25.2 Å². The first-order valence-electron chi connectivity index (χ1n) is 5.87. The highest BCUT2D eigenvalue weighted by atomic mass is 32.2. The van der Waals surface area contributed by atoms with Crippen LogP contribution < -0.4 is 5.32 Å². The van der Waals surface area contributed by atoms with Crippen molar-refractivity contribution in [3.63, 3.8) is 0 Å². The molecule has 4 nitrogen and oxygen atoms in total. The molecule has 0 fully saturated rings. The van der Waals surface area contributed by atoms with Crippen molar-refractivity contribution in [1.29, 1.82) is 0 Å². The topological polar surface area (TPSA) is 52.6 Å². The molecule has 0 aliphatic rings. The number of carbonyl (C=O) groups excluding carboxylic acids is 1. The zero-order valence-corrected chi connectivity index (χ0v) is 11.8. The summed E-state index contributed by atoms with van der Waals surface area (Å²) in [6.45, 7) is 2.25. The van der Waals surface area contributed by atoms with Gasteiger partial charge in [-0.15, -0.1) is 11.8 Å². The van der Waals surface area contributed by atoms with E-state index in [1.807, 2.05) is 30.5 Å². The number of nitrogens with one attached hydrogen (secondary N) is 1. The molecule has 0 saturated heterocycles. The first-order valence-corrected chi connectivity index (χ1v) is 7.09. The average molecular weight is 268 g/mol. The minimum Gasteiger partial charge on any atom is -0.393 e. The lowest BCUT2D eigenvalue weighted by Crippen LogP contribution is -2.33. The van der Waals surface area contributed by atoms with Crippen LogP contribution in [-0.4, -0.2) is 42.0 Å². The summed E-state index contributed by atoms with van der Waals surface area (Å²) in [7, 11) is 1.72. The summed E-state index contributed by atoms with van der Waals surface area (Å²) >= 11 is 1.66. The number of aliphatic hydroxyl groups excluding tert-OH is 1. The van der Waals surface area contributed by atoms with Gasteiger partial charge in [0.25, 0.3) is 0 Å². The molecule has 100 valence electrons. The van der Waals surface area contributed by atoms with Crippen molar-refractivity contribution in [1.82, 2.24) is 4.90 Å². The van der Waals surface area contributed by atoms with Gasteiger partial charge in [0.1, 0.15) is 0 Å². The van der Waals surface area contributed by atoms with Crippen LogP contribution >= 0.6 is 11.8 Å². The second-order valence-electron chi connectivity index (χ2n) is 4.22. The summed E-state index contributed by atoms with van der Waals surface area (Å²) in [5, 5.41) is 12.0. The fraction of sp³-hybridized carbons (Fsp3) is 0.462. The second kappa shape index (κ2) is 7.28. The maximum Gasteiger partial charge on any atom is 0.321 e. The van der Waals surface area contributed by atoms with Crippen LogP contribution in [0.25, 0.3) is 0 Å². The molecular formula is C13H20N2O2S. The fourth-order valence-corrected chi connectivity index (χ4v) is 1.78. The third-order valence-corrected chi connectivity index (χ3v) is 3.31. The Bertz CT molecular complexity index is 379. The molecule has 1 aromatic rings. The van der Waals surface area contributed by atoms with Gasteiger partial charge in [0, 0.05) is 24.2 Å². The standard InChI is InChI=1S/C13H20N2O2S/c1-10(16)8-9-15(2)13(17)14-11-4-6-12(18-3)7-5-11/h4-7,10,16H,8-9H2,1-3H3,(H,14,17). The van der Waals surface area contributed by atoms with Gasteiger partial charge in [0.05, 0.1) is 6.10 Å². The lowest BCUT2D eigenvalue weighted by atomic mass is 10.3. The number of amides is 2. The molecule has 0 aliphatic carbocycles. The van der Waals surface area contributed by atoms with Crippen LogP contribution in [0.2, 0.25) is 0 Å². The van der Waals surface area contributed by atoms with E-state index < -0.39 is 0 Å². The Morgan fingerprint density at radius 2 is 2.06 bits per heavy atom. The number of anilines is 1. The van der Waals surface area contributed by atoms with E-state index in [0.717, 1.165) is 10.6 Å². The highest BCUT2D eigenvalue weighted by Gasteiger charge is 2.09. The molecule has 18 heavy (non-hydrogen) atoms. The molecule has 0 bridgehead atoms. The van der Waals surface area contributed by atoms with E-state index in [0.29, 0.717) is 13.0 Å². The van der Waals surface area contributed by atoms with E-state index in [4.69, 9.17) is 5.11 Å². The van der Waals surface area contributed by atoms with Gasteiger partial charge in [0.2, 0.25) is 0 Å². The predicted octanol–water partition coefficient (Wildman–Crippen LogP) is 2.64. The maximum absolute atomic E-state index is 11.8. The lowest BCUT2D eigenvalue weighted by Gasteiger charge is -2.18. The molecule has 0 aliphatic heterocycles. The van der Waals surface area contributed by atoms with Crippen LogP contribution in [-0.2, 0) is 0 Å². The van der Waals surface area contributed by atoms with Crippen molar-refractivity contribution in [3.8, 4) is 0 Å². The quantitative estimate of drug-likeness (QED) is 0.807. The summed E-state index contributed by atoms with van der Waals surface area (Å²) < 4.78 is 0. The van der Waals surface area contributed by atoms with Crippen molar-refractivity contribution in [2.45, 2.75) is 24.3 Å². The smallest absolute Gasteiger partial charge is 0.321 e. The van der Waals surface area contributed by atoms with Gasteiger partial charge >= 0.3 is 6.03 Å². The van der Waals surface area contributed by atoms with Crippen molar-refractivity contribution in [3.05, 3.63) is 24.3 Å². The number of urea groups is 1. The normalized spacial score (nSPS) is 12.0. The molecular weight excluding hydrogens is 248 g/mol. The van der Waals surface area contributed by atoms with Crippen LogP contribution in [0.3, 0.4) is 0 Å². The lowest BCUT2D eigenvalue weighted by molar-refractivity contribution is 0.167. The molecule has 1 rings (SSSR count). The minimum absolute atomic E-state index is 0.160. The van der Waals surface area contributed by atoms with E-state index in [2.05, 4.69) is 5.32 Å². The van der Waals surface area contributed by atoms with Crippen LogP contribution in [0, 0.1) is 0 Å². The van der Waals surface area contributed by atoms with Gasteiger partial charge in [-0.3, -0.25) is 0 Å². The van der Waals surface area contributed by atoms with Gasteiger partial charge in [-0.25, -0.2) is 4.79 Å². The minimum atomic E-state index is -0.388. The highest BCUT2D eigenvalue weighted by molar-refractivity contribution is 7.98. The molecule has 1 atom stereocenters. The first-order chi connectivity index (χ1) is 8.52. The summed E-state index contributed by atoms with van der Waals surface area (Å²) in [4.78, 5) is 14.5. The Balaban J connectivity index is 2.47. The largest absolute Gasteiger partial charge is 0.393 e. The number of aliphatic hydroxyl groups is 1. The molecule has 1 aromatic carbocycles. The Morgan fingerprint density at radius 1 is 1.44 bits per heavy atom. The number of benzene rings is 1. The first kappa shape index (κ1) is 14.9. The number of carbonyl (C=O) groups is 1. The van der Waals surface area contributed by atoms with E-state index in [1.165, 1.54) is 0 Å². The molecule has 2 N–H and O–H groups in total. The van der Waals surface area contributed by atoms with Gasteiger partial charge in [0.15, 0.2) is 0 Å². The molecule has 0 saturated carbocycles. The zero-order chi connectivity index (χ0) is 13.5. The van der Waals surface area contributed by atoms with E-state index >= 15 is 0 Å². The Labute approximate surface area is 112 Å². The van der Waals surface area contributed by atoms with Crippen LogP contribution in [0.4, 0.5) is 10.5 Å². The Morgan fingerprint density at radius 3 is 2.56 bits per heavy atom. The average Bonchev–Trinajstić information content (AvgIpc) is 2.36. The molecule has 0 heterocycles. The van der Waals surface area contributed by atoms with E-state index in [1.54, 1.807) is 30.6 Å². The van der Waals surface area contributed by atoms with Crippen molar-refractivity contribution < 1.29 is 9.90 Å². The summed E-state index contributed by atoms with van der Waals surface area (Å²) in [5.41, 5.74) is 0.779. The zero-order valence-electron chi connectivity index (χ0n) is 11.0. The van der Waals surface area contributed by atoms with Gasteiger partial charge in [-0.2, -0.15) is 0 Å². The summed E-state index contributed by atoms with van der Waals surface area (Å²) in [6.07, 6.45) is 2.20. The third kappa shape index (κ3) is 4.98. The number of thioether (sulfide) groups is 1.